The summed E-state index contributed by atoms with van der Waals surface area (Å²) in [7, 11) is -3.85. The lowest BCUT2D eigenvalue weighted by molar-refractivity contribution is 0.254. The monoisotopic (exact) mass is 358 g/mol. The van der Waals surface area contributed by atoms with E-state index in [1.165, 1.54) is 18.2 Å². The first kappa shape index (κ1) is 17.1. The van der Waals surface area contributed by atoms with Gasteiger partial charge in [-0.1, -0.05) is 6.07 Å². The molecular formula is C18H18N2O4S. The van der Waals surface area contributed by atoms with Gasteiger partial charge in [0.25, 0.3) is 10.0 Å². The van der Waals surface area contributed by atoms with E-state index in [2.05, 4.69) is 4.72 Å². The molecule has 2 aromatic carbocycles. The minimum atomic E-state index is -3.85. The molecule has 1 heterocycles. The van der Waals surface area contributed by atoms with Crippen LogP contribution in [-0.4, -0.2) is 21.1 Å². The number of anilines is 1. The fourth-order valence-corrected chi connectivity index (χ4v) is 3.84. The van der Waals surface area contributed by atoms with Crippen LogP contribution in [0.15, 0.2) is 41.3 Å². The Morgan fingerprint density at radius 2 is 2.16 bits per heavy atom. The second-order valence-electron chi connectivity index (χ2n) is 5.77. The van der Waals surface area contributed by atoms with E-state index in [1.807, 2.05) is 26.0 Å². The maximum Gasteiger partial charge on any atom is 0.262 e. The third kappa shape index (κ3) is 3.54. The summed E-state index contributed by atoms with van der Waals surface area (Å²) in [4.78, 5) is 0.0174. The maximum atomic E-state index is 12.7. The largest absolute Gasteiger partial charge is 0.492 e. The van der Waals surface area contributed by atoms with Crippen LogP contribution in [0.5, 0.6) is 11.5 Å². The summed E-state index contributed by atoms with van der Waals surface area (Å²) >= 11 is 0. The Bertz CT molecular complexity index is 948. The lowest BCUT2D eigenvalue weighted by atomic mass is 10.1. The molecule has 0 fully saturated rings. The number of rotatable bonds is 5. The quantitative estimate of drug-likeness (QED) is 0.887. The molecule has 25 heavy (non-hydrogen) atoms. The van der Waals surface area contributed by atoms with Crippen molar-refractivity contribution < 1.29 is 17.9 Å². The average Bonchev–Trinajstić information content (AvgIpc) is 2.94. The fourth-order valence-electron chi connectivity index (χ4n) is 2.73. The van der Waals surface area contributed by atoms with E-state index >= 15 is 0 Å². The molecule has 0 saturated heterocycles. The zero-order valence-electron chi connectivity index (χ0n) is 13.9. The average molecular weight is 358 g/mol. The van der Waals surface area contributed by atoms with Crippen LogP contribution >= 0.6 is 0 Å². The molecule has 1 N–H and O–H groups in total. The van der Waals surface area contributed by atoms with E-state index in [4.69, 9.17) is 14.7 Å². The summed E-state index contributed by atoms with van der Waals surface area (Å²) in [6.45, 7) is 4.20. The van der Waals surface area contributed by atoms with Gasteiger partial charge in [-0.2, -0.15) is 5.26 Å². The van der Waals surface area contributed by atoms with Gasteiger partial charge in [0.15, 0.2) is 0 Å². The molecule has 1 atom stereocenters. The van der Waals surface area contributed by atoms with Gasteiger partial charge in [0.1, 0.15) is 17.6 Å². The van der Waals surface area contributed by atoms with Crippen LogP contribution in [-0.2, 0) is 16.4 Å². The minimum absolute atomic E-state index is 0.0174. The molecule has 0 aromatic heterocycles. The van der Waals surface area contributed by atoms with E-state index in [9.17, 15) is 8.42 Å². The van der Waals surface area contributed by atoms with E-state index in [-0.39, 0.29) is 16.6 Å². The Kier molecular flexibility index (Phi) is 4.55. The molecular weight excluding hydrogens is 340 g/mol. The van der Waals surface area contributed by atoms with Crippen molar-refractivity contribution in [2.75, 3.05) is 11.3 Å². The molecule has 0 saturated carbocycles. The summed E-state index contributed by atoms with van der Waals surface area (Å²) in [5.41, 5.74) is 1.58. The third-order valence-electron chi connectivity index (χ3n) is 3.82. The van der Waals surface area contributed by atoms with Gasteiger partial charge in [0, 0.05) is 18.1 Å². The van der Waals surface area contributed by atoms with Gasteiger partial charge < -0.3 is 9.47 Å². The SMILES string of the molecule is CCOc1cc2c(cc1NS(=O)(=O)c1cccc(C#N)c1)O[C@@H](C)C2. The predicted octanol–water partition coefficient (Wildman–Crippen LogP) is 3.08. The van der Waals surface area contributed by atoms with Crippen LogP contribution < -0.4 is 14.2 Å². The molecule has 0 aliphatic carbocycles. The molecule has 0 spiro atoms. The first-order valence-corrected chi connectivity index (χ1v) is 9.40. The van der Waals surface area contributed by atoms with Crippen LogP contribution in [0.3, 0.4) is 0 Å². The predicted molar refractivity (Wildman–Crippen MR) is 93.4 cm³/mol. The molecule has 1 aliphatic rings. The van der Waals surface area contributed by atoms with Gasteiger partial charge in [0.2, 0.25) is 0 Å². The number of nitriles is 1. The highest BCUT2D eigenvalue weighted by Crippen LogP contribution is 2.38. The number of fused-ring (bicyclic) bond motifs is 1. The summed E-state index contributed by atoms with van der Waals surface area (Å²) in [6, 6.07) is 11.2. The zero-order valence-corrected chi connectivity index (χ0v) is 14.8. The number of ether oxygens (including phenoxy) is 2. The van der Waals surface area contributed by atoms with E-state index in [1.54, 1.807) is 12.1 Å². The van der Waals surface area contributed by atoms with Crippen molar-refractivity contribution in [2.24, 2.45) is 0 Å². The van der Waals surface area contributed by atoms with Crippen molar-refractivity contribution in [1.29, 1.82) is 5.26 Å². The molecule has 0 amide bonds. The molecule has 0 bridgehead atoms. The van der Waals surface area contributed by atoms with Gasteiger partial charge in [-0.25, -0.2) is 8.42 Å². The fraction of sp³-hybridized carbons (Fsp3) is 0.278. The molecule has 0 radical (unpaired) electrons. The van der Waals surface area contributed by atoms with Gasteiger partial charge in [-0.05, 0) is 38.1 Å². The highest BCUT2D eigenvalue weighted by molar-refractivity contribution is 7.92. The number of benzene rings is 2. The molecule has 0 unspecified atom stereocenters. The standard InChI is InChI=1S/C18H18N2O4S/c1-3-23-18-9-14-7-12(2)24-17(14)10-16(18)20-25(21,22)15-6-4-5-13(8-15)11-19/h4-6,8-10,12,20H,3,7H2,1-2H3/t12-/m0/s1. The van der Waals surface area contributed by atoms with Crippen LogP contribution in [0.1, 0.15) is 25.0 Å². The normalized spacial score (nSPS) is 15.8. The van der Waals surface area contributed by atoms with Crippen molar-refractivity contribution in [3.8, 4) is 17.6 Å². The van der Waals surface area contributed by atoms with Crippen molar-refractivity contribution in [1.82, 2.24) is 0 Å². The Balaban J connectivity index is 1.99. The first-order valence-electron chi connectivity index (χ1n) is 7.92. The van der Waals surface area contributed by atoms with Gasteiger partial charge >= 0.3 is 0 Å². The Morgan fingerprint density at radius 1 is 1.36 bits per heavy atom. The van der Waals surface area contributed by atoms with Crippen molar-refractivity contribution >= 4 is 15.7 Å². The number of hydrogen-bond acceptors (Lipinski definition) is 5. The van der Waals surface area contributed by atoms with Crippen molar-refractivity contribution in [2.45, 2.75) is 31.3 Å². The van der Waals surface area contributed by atoms with Crippen molar-refractivity contribution in [3.05, 3.63) is 47.5 Å². The smallest absolute Gasteiger partial charge is 0.262 e. The molecule has 6 nitrogen and oxygen atoms in total. The lowest BCUT2D eigenvalue weighted by Crippen LogP contribution is -2.14. The van der Waals surface area contributed by atoms with Crippen LogP contribution in [0.2, 0.25) is 0 Å². The van der Waals surface area contributed by atoms with Gasteiger partial charge in [0.05, 0.1) is 28.8 Å². The van der Waals surface area contributed by atoms with E-state index < -0.39 is 10.0 Å². The number of nitrogens with zero attached hydrogens (tertiary/aromatic N) is 1. The third-order valence-corrected chi connectivity index (χ3v) is 5.18. The highest BCUT2D eigenvalue weighted by atomic mass is 32.2. The van der Waals surface area contributed by atoms with Crippen LogP contribution in [0, 0.1) is 11.3 Å². The Morgan fingerprint density at radius 3 is 2.88 bits per heavy atom. The summed E-state index contributed by atoms with van der Waals surface area (Å²) < 4.78 is 39.2. The first-order chi connectivity index (χ1) is 11.9. The minimum Gasteiger partial charge on any atom is -0.492 e. The maximum absolute atomic E-state index is 12.7. The molecule has 2 aromatic rings. The van der Waals surface area contributed by atoms with Crippen LogP contribution in [0.25, 0.3) is 0 Å². The van der Waals surface area contributed by atoms with E-state index in [0.29, 0.717) is 23.8 Å². The Labute approximate surface area is 147 Å². The zero-order chi connectivity index (χ0) is 18.0. The molecule has 7 heteroatoms. The second-order valence-corrected chi connectivity index (χ2v) is 7.45. The molecule has 3 rings (SSSR count). The second kappa shape index (κ2) is 6.65. The lowest BCUT2D eigenvalue weighted by Gasteiger charge is -2.14. The topological polar surface area (TPSA) is 88.4 Å². The summed E-state index contributed by atoms with van der Waals surface area (Å²) in [6.07, 6.45) is 0.802. The number of sulfonamides is 1. The number of nitrogens with one attached hydrogen (secondary N) is 1. The Hall–Kier alpha value is -2.72. The molecule has 1 aliphatic heterocycles. The van der Waals surface area contributed by atoms with Crippen LogP contribution in [0.4, 0.5) is 5.69 Å². The summed E-state index contributed by atoms with van der Waals surface area (Å²) in [5, 5.41) is 8.96. The molecule has 130 valence electrons. The summed E-state index contributed by atoms with van der Waals surface area (Å²) in [5.74, 6) is 1.11. The van der Waals surface area contributed by atoms with E-state index in [0.717, 1.165) is 12.0 Å². The highest BCUT2D eigenvalue weighted by Gasteiger charge is 2.24. The number of hydrogen-bond donors (Lipinski definition) is 1. The van der Waals surface area contributed by atoms with Gasteiger partial charge in [-0.3, -0.25) is 4.72 Å². The van der Waals surface area contributed by atoms with Crippen molar-refractivity contribution in [3.63, 3.8) is 0 Å². The van der Waals surface area contributed by atoms with Gasteiger partial charge in [-0.15, -0.1) is 0 Å².